The van der Waals surface area contributed by atoms with Gasteiger partial charge in [-0.1, -0.05) is 12.2 Å². The Hall–Kier alpha value is -0.640. The first-order valence-electron chi connectivity index (χ1n) is 3.71. The van der Waals surface area contributed by atoms with Gasteiger partial charge in [0, 0.05) is 6.54 Å². The third-order valence-electron chi connectivity index (χ3n) is 1.99. The molecule has 0 aromatic carbocycles. The Morgan fingerprint density at radius 1 is 1.73 bits per heavy atom. The molecular formula is C7H12N2OS. The third-order valence-corrected chi connectivity index (χ3v) is 2.38. The van der Waals surface area contributed by atoms with Crippen molar-refractivity contribution in [2.45, 2.75) is 19.8 Å². The van der Waals surface area contributed by atoms with Gasteiger partial charge in [0.15, 0.2) is 0 Å². The quantitative estimate of drug-likeness (QED) is 0.597. The summed E-state index contributed by atoms with van der Waals surface area (Å²) in [5, 5.41) is 2.72. The summed E-state index contributed by atoms with van der Waals surface area (Å²) in [6.07, 6.45) is 1.63. The minimum Gasteiger partial charge on any atom is -0.392 e. The maximum atomic E-state index is 11.3. The summed E-state index contributed by atoms with van der Waals surface area (Å²) >= 11 is 4.80. The van der Waals surface area contributed by atoms with Crippen molar-refractivity contribution in [3.63, 3.8) is 0 Å². The van der Waals surface area contributed by atoms with Crippen LogP contribution in [0.5, 0.6) is 0 Å². The van der Waals surface area contributed by atoms with Crippen molar-refractivity contribution in [1.29, 1.82) is 0 Å². The van der Waals surface area contributed by atoms with Crippen LogP contribution in [0.25, 0.3) is 0 Å². The lowest BCUT2D eigenvalue weighted by molar-refractivity contribution is -0.123. The second kappa shape index (κ2) is 2.77. The minimum atomic E-state index is -0.481. The van der Waals surface area contributed by atoms with Crippen molar-refractivity contribution in [2.75, 3.05) is 6.54 Å². The monoisotopic (exact) mass is 172 g/mol. The zero-order valence-electron chi connectivity index (χ0n) is 6.52. The Morgan fingerprint density at radius 3 is 2.55 bits per heavy atom. The maximum absolute atomic E-state index is 11.3. The topological polar surface area (TPSA) is 55.1 Å². The molecule has 1 amide bonds. The molecule has 4 heteroatoms. The van der Waals surface area contributed by atoms with Crippen LogP contribution < -0.4 is 11.1 Å². The van der Waals surface area contributed by atoms with Gasteiger partial charge in [0.05, 0.1) is 10.4 Å². The molecule has 0 aliphatic heterocycles. The smallest absolute Gasteiger partial charge is 0.233 e. The standard InChI is InChI=1S/C7H12N2OS/c1-2-9-6(10)7(3-4-7)5(8)11/h2-4H2,1H3,(H2,8,11)(H,9,10). The highest BCUT2D eigenvalue weighted by Crippen LogP contribution is 2.45. The molecule has 0 aromatic heterocycles. The van der Waals surface area contributed by atoms with Crippen molar-refractivity contribution in [2.24, 2.45) is 11.1 Å². The first-order chi connectivity index (χ1) is 5.13. The second-order valence-corrected chi connectivity index (χ2v) is 3.25. The molecule has 3 nitrogen and oxygen atoms in total. The van der Waals surface area contributed by atoms with E-state index in [-0.39, 0.29) is 5.91 Å². The molecule has 1 aliphatic rings. The molecule has 0 bridgehead atoms. The van der Waals surface area contributed by atoms with Gasteiger partial charge in [0.1, 0.15) is 0 Å². The van der Waals surface area contributed by atoms with Gasteiger partial charge in [-0.3, -0.25) is 4.79 Å². The number of nitrogens with one attached hydrogen (secondary N) is 1. The van der Waals surface area contributed by atoms with Crippen molar-refractivity contribution < 1.29 is 4.79 Å². The summed E-state index contributed by atoms with van der Waals surface area (Å²) < 4.78 is 0. The Labute approximate surface area is 71.3 Å². The van der Waals surface area contributed by atoms with Crippen LogP contribution in [-0.2, 0) is 4.79 Å². The van der Waals surface area contributed by atoms with E-state index in [9.17, 15) is 4.79 Å². The summed E-state index contributed by atoms with van der Waals surface area (Å²) in [4.78, 5) is 11.6. The predicted octanol–water partition coefficient (Wildman–Crippen LogP) is 0.189. The SMILES string of the molecule is CCNC(=O)C1(C(N)=S)CC1. The largest absolute Gasteiger partial charge is 0.392 e. The molecule has 11 heavy (non-hydrogen) atoms. The normalized spacial score (nSPS) is 19.0. The molecule has 1 fully saturated rings. The predicted molar refractivity (Wildman–Crippen MR) is 47.1 cm³/mol. The number of hydrogen-bond donors (Lipinski definition) is 2. The summed E-state index contributed by atoms with van der Waals surface area (Å²) in [7, 11) is 0. The lowest BCUT2D eigenvalue weighted by Crippen LogP contribution is -2.39. The number of hydrogen-bond acceptors (Lipinski definition) is 2. The van der Waals surface area contributed by atoms with Crippen LogP contribution >= 0.6 is 12.2 Å². The zero-order valence-corrected chi connectivity index (χ0v) is 7.33. The molecule has 0 heterocycles. The molecule has 1 aliphatic carbocycles. The van der Waals surface area contributed by atoms with E-state index in [1.807, 2.05) is 6.92 Å². The molecule has 0 aromatic rings. The number of nitrogens with two attached hydrogens (primary N) is 1. The second-order valence-electron chi connectivity index (χ2n) is 2.81. The summed E-state index contributed by atoms with van der Waals surface area (Å²) in [5.74, 6) is -0.00694. The van der Waals surface area contributed by atoms with E-state index in [4.69, 9.17) is 18.0 Å². The van der Waals surface area contributed by atoms with Gasteiger partial charge >= 0.3 is 0 Å². The number of rotatable bonds is 3. The van der Waals surface area contributed by atoms with Gasteiger partial charge in [-0.2, -0.15) is 0 Å². The molecule has 0 saturated heterocycles. The average Bonchev–Trinajstić information content (AvgIpc) is 2.66. The van der Waals surface area contributed by atoms with Crippen LogP contribution in [0, 0.1) is 5.41 Å². The van der Waals surface area contributed by atoms with Crippen molar-refractivity contribution in [3.8, 4) is 0 Å². The molecule has 1 rings (SSSR count). The number of thiocarbonyl (C=S) groups is 1. The van der Waals surface area contributed by atoms with Crippen LogP contribution in [0.3, 0.4) is 0 Å². The zero-order chi connectivity index (χ0) is 8.48. The van der Waals surface area contributed by atoms with Gasteiger partial charge in [0.25, 0.3) is 0 Å². The van der Waals surface area contributed by atoms with Gasteiger partial charge in [-0.25, -0.2) is 0 Å². The Morgan fingerprint density at radius 2 is 2.27 bits per heavy atom. The van der Waals surface area contributed by atoms with E-state index in [1.54, 1.807) is 0 Å². The van der Waals surface area contributed by atoms with Gasteiger partial charge in [-0.05, 0) is 19.8 Å². The highest BCUT2D eigenvalue weighted by molar-refractivity contribution is 7.80. The molecule has 3 N–H and O–H groups in total. The fraction of sp³-hybridized carbons (Fsp3) is 0.714. The highest BCUT2D eigenvalue weighted by atomic mass is 32.1. The molecule has 0 spiro atoms. The highest BCUT2D eigenvalue weighted by Gasteiger charge is 2.52. The van der Waals surface area contributed by atoms with Gasteiger partial charge in [-0.15, -0.1) is 0 Å². The summed E-state index contributed by atoms with van der Waals surface area (Å²) in [6.45, 7) is 2.52. The fourth-order valence-electron chi connectivity index (χ4n) is 1.04. The van der Waals surface area contributed by atoms with E-state index in [0.717, 1.165) is 12.8 Å². The van der Waals surface area contributed by atoms with Crippen LogP contribution in [0.2, 0.25) is 0 Å². The number of carbonyl (C=O) groups is 1. The van der Waals surface area contributed by atoms with Crippen molar-refractivity contribution in [3.05, 3.63) is 0 Å². The Balaban J connectivity index is 2.58. The summed E-state index contributed by atoms with van der Waals surface area (Å²) in [5.41, 5.74) is 4.95. The van der Waals surface area contributed by atoms with Crippen LogP contribution in [-0.4, -0.2) is 17.4 Å². The van der Waals surface area contributed by atoms with E-state index < -0.39 is 5.41 Å². The van der Waals surface area contributed by atoms with E-state index in [1.165, 1.54) is 0 Å². The van der Waals surface area contributed by atoms with Gasteiger partial charge in [0.2, 0.25) is 5.91 Å². The van der Waals surface area contributed by atoms with Crippen LogP contribution in [0.4, 0.5) is 0 Å². The third kappa shape index (κ3) is 1.35. The number of carbonyl (C=O) groups excluding carboxylic acids is 1. The van der Waals surface area contributed by atoms with E-state index in [0.29, 0.717) is 11.5 Å². The average molecular weight is 172 g/mol. The maximum Gasteiger partial charge on any atom is 0.233 e. The first-order valence-corrected chi connectivity index (χ1v) is 4.12. The van der Waals surface area contributed by atoms with Crippen LogP contribution in [0.15, 0.2) is 0 Å². The number of amides is 1. The molecule has 62 valence electrons. The lowest BCUT2D eigenvalue weighted by Gasteiger charge is -2.11. The van der Waals surface area contributed by atoms with E-state index in [2.05, 4.69) is 5.32 Å². The molecular weight excluding hydrogens is 160 g/mol. The fourth-order valence-corrected chi connectivity index (χ4v) is 1.34. The molecule has 0 unspecified atom stereocenters. The Bertz CT molecular complexity index is 199. The summed E-state index contributed by atoms with van der Waals surface area (Å²) in [6, 6.07) is 0. The van der Waals surface area contributed by atoms with Crippen LogP contribution in [0.1, 0.15) is 19.8 Å². The van der Waals surface area contributed by atoms with Gasteiger partial charge < -0.3 is 11.1 Å². The van der Waals surface area contributed by atoms with Crippen molar-refractivity contribution >= 4 is 23.1 Å². The van der Waals surface area contributed by atoms with E-state index >= 15 is 0 Å². The first kappa shape index (κ1) is 8.46. The molecule has 0 radical (unpaired) electrons. The minimum absolute atomic E-state index is 0.00694. The molecule has 0 atom stereocenters. The van der Waals surface area contributed by atoms with Crippen molar-refractivity contribution in [1.82, 2.24) is 5.32 Å². The Kier molecular flexibility index (Phi) is 2.13. The lowest BCUT2D eigenvalue weighted by atomic mass is 10.1. The molecule has 1 saturated carbocycles.